The van der Waals surface area contributed by atoms with Crippen molar-refractivity contribution in [2.24, 2.45) is 0 Å². The Kier molecular flexibility index (Phi) is 2.39. The molecule has 0 aliphatic rings. The maximum Gasteiger partial charge on any atom is 0.339 e. The SMILES string of the molecule is COC(=O)c1ccc2c(CO)ncn2c1. The lowest BCUT2D eigenvalue weighted by atomic mass is 10.2. The highest BCUT2D eigenvalue weighted by Gasteiger charge is 2.08. The van der Waals surface area contributed by atoms with E-state index in [2.05, 4.69) is 9.72 Å². The van der Waals surface area contributed by atoms with Gasteiger partial charge in [-0.05, 0) is 12.1 Å². The first-order chi connectivity index (χ1) is 7.26. The molecule has 2 aromatic rings. The first kappa shape index (κ1) is 9.67. The van der Waals surface area contributed by atoms with Crippen molar-refractivity contribution < 1.29 is 14.6 Å². The summed E-state index contributed by atoms with van der Waals surface area (Å²) in [5.41, 5.74) is 1.82. The van der Waals surface area contributed by atoms with E-state index in [1.807, 2.05) is 0 Å². The van der Waals surface area contributed by atoms with Crippen molar-refractivity contribution in [3.63, 3.8) is 0 Å². The number of aromatic nitrogens is 2. The second-order valence-electron chi connectivity index (χ2n) is 3.05. The number of fused-ring (bicyclic) bond motifs is 1. The van der Waals surface area contributed by atoms with Crippen LogP contribution in [0.4, 0.5) is 0 Å². The van der Waals surface area contributed by atoms with E-state index in [9.17, 15) is 4.79 Å². The quantitative estimate of drug-likeness (QED) is 0.731. The van der Waals surface area contributed by atoms with Gasteiger partial charge in [0.2, 0.25) is 0 Å². The van der Waals surface area contributed by atoms with E-state index >= 15 is 0 Å². The number of imidazole rings is 1. The largest absolute Gasteiger partial charge is 0.465 e. The molecular weight excluding hydrogens is 196 g/mol. The summed E-state index contributed by atoms with van der Waals surface area (Å²) >= 11 is 0. The molecule has 0 fully saturated rings. The van der Waals surface area contributed by atoms with Crippen LogP contribution in [0.5, 0.6) is 0 Å². The summed E-state index contributed by atoms with van der Waals surface area (Å²) in [5.74, 6) is -0.392. The summed E-state index contributed by atoms with van der Waals surface area (Å²) in [6.45, 7) is -0.117. The first-order valence-corrected chi connectivity index (χ1v) is 4.41. The van der Waals surface area contributed by atoms with Gasteiger partial charge in [-0.2, -0.15) is 0 Å². The molecule has 0 aliphatic carbocycles. The van der Waals surface area contributed by atoms with Crippen LogP contribution in [0.1, 0.15) is 16.1 Å². The molecule has 0 atom stereocenters. The van der Waals surface area contributed by atoms with Crippen LogP contribution in [0.25, 0.3) is 5.52 Å². The van der Waals surface area contributed by atoms with Gasteiger partial charge in [-0.3, -0.25) is 0 Å². The Hall–Kier alpha value is -1.88. The number of aliphatic hydroxyl groups excluding tert-OH is 1. The molecule has 0 spiro atoms. The summed E-state index contributed by atoms with van der Waals surface area (Å²) in [6.07, 6.45) is 3.17. The number of aliphatic hydroxyl groups is 1. The minimum Gasteiger partial charge on any atom is -0.465 e. The lowest BCUT2D eigenvalue weighted by molar-refractivity contribution is 0.0600. The summed E-state index contributed by atoms with van der Waals surface area (Å²) in [6, 6.07) is 3.37. The number of hydrogen-bond donors (Lipinski definition) is 1. The fraction of sp³-hybridized carbons (Fsp3) is 0.200. The number of carbonyl (C=O) groups excluding carboxylic acids is 1. The summed E-state index contributed by atoms with van der Waals surface area (Å²) < 4.78 is 6.27. The van der Waals surface area contributed by atoms with Crippen LogP contribution in [0.3, 0.4) is 0 Å². The zero-order valence-corrected chi connectivity index (χ0v) is 8.17. The van der Waals surface area contributed by atoms with E-state index in [-0.39, 0.29) is 6.61 Å². The van der Waals surface area contributed by atoms with Crippen LogP contribution in [-0.4, -0.2) is 27.6 Å². The van der Waals surface area contributed by atoms with Gasteiger partial charge in [-0.15, -0.1) is 0 Å². The monoisotopic (exact) mass is 206 g/mol. The summed E-state index contributed by atoms with van der Waals surface area (Å²) in [7, 11) is 1.33. The number of rotatable bonds is 2. The van der Waals surface area contributed by atoms with Crippen molar-refractivity contribution in [1.29, 1.82) is 0 Å². The van der Waals surface area contributed by atoms with E-state index in [1.54, 1.807) is 29.1 Å². The average Bonchev–Trinajstić information content (AvgIpc) is 2.69. The summed E-state index contributed by atoms with van der Waals surface area (Å²) in [5, 5.41) is 8.98. The highest BCUT2D eigenvalue weighted by molar-refractivity contribution is 5.89. The minimum atomic E-state index is -0.392. The molecular formula is C10H10N2O3. The normalized spacial score (nSPS) is 10.5. The van der Waals surface area contributed by atoms with Gasteiger partial charge >= 0.3 is 5.97 Å². The Morgan fingerprint density at radius 2 is 2.40 bits per heavy atom. The third kappa shape index (κ3) is 1.57. The number of esters is 1. The van der Waals surface area contributed by atoms with Gasteiger partial charge < -0.3 is 14.2 Å². The van der Waals surface area contributed by atoms with E-state index in [1.165, 1.54) is 7.11 Å². The molecule has 0 unspecified atom stereocenters. The Bertz CT molecular complexity index is 504. The first-order valence-electron chi connectivity index (χ1n) is 4.41. The van der Waals surface area contributed by atoms with E-state index in [0.29, 0.717) is 11.3 Å². The topological polar surface area (TPSA) is 63.8 Å². The standard InChI is InChI=1S/C10H10N2O3/c1-15-10(14)7-2-3-9-8(5-13)11-6-12(9)4-7/h2-4,6,13H,5H2,1H3. The Morgan fingerprint density at radius 1 is 1.60 bits per heavy atom. The zero-order valence-electron chi connectivity index (χ0n) is 8.17. The van der Waals surface area contributed by atoms with Crippen molar-refractivity contribution in [2.75, 3.05) is 7.11 Å². The molecule has 2 heterocycles. The Morgan fingerprint density at radius 3 is 3.07 bits per heavy atom. The van der Waals surface area contributed by atoms with Gasteiger partial charge in [0.25, 0.3) is 0 Å². The fourth-order valence-corrected chi connectivity index (χ4v) is 1.42. The van der Waals surface area contributed by atoms with E-state index in [4.69, 9.17) is 5.11 Å². The molecule has 2 rings (SSSR count). The van der Waals surface area contributed by atoms with Gasteiger partial charge in [0.1, 0.15) is 0 Å². The average molecular weight is 206 g/mol. The molecule has 0 aromatic carbocycles. The highest BCUT2D eigenvalue weighted by atomic mass is 16.5. The van der Waals surface area contributed by atoms with Crippen molar-refractivity contribution in [3.8, 4) is 0 Å². The lowest BCUT2D eigenvalue weighted by Gasteiger charge is -2.00. The fourth-order valence-electron chi connectivity index (χ4n) is 1.42. The van der Waals surface area contributed by atoms with Crippen molar-refractivity contribution >= 4 is 11.5 Å². The van der Waals surface area contributed by atoms with E-state index < -0.39 is 5.97 Å². The molecule has 78 valence electrons. The highest BCUT2D eigenvalue weighted by Crippen LogP contribution is 2.11. The number of methoxy groups -OCH3 is 1. The molecule has 5 heteroatoms. The number of nitrogens with zero attached hydrogens (tertiary/aromatic N) is 2. The van der Waals surface area contributed by atoms with Crippen LogP contribution in [0, 0.1) is 0 Å². The van der Waals surface area contributed by atoms with Crippen LogP contribution in [0.15, 0.2) is 24.7 Å². The van der Waals surface area contributed by atoms with Gasteiger partial charge in [0, 0.05) is 6.20 Å². The number of pyridine rings is 1. The summed E-state index contributed by atoms with van der Waals surface area (Å²) in [4.78, 5) is 15.2. The maximum absolute atomic E-state index is 11.2. The van der Waals surface area contributed by atoms with Gasteiger partial charge in [0.15, 0.2) is 0 Å². The Balaban J connectivity index is 2.53. The number of ether oxygens (including phenoxy) is 1. The molecule has 0 radical (unpaired) electrons. The van der Waals surface area contributed by atoms with Crippen molar-refractivity contribution in [1.82, 2.24) is 9.38 Å². The zero-order chi connectivity index (χ0) is 10.8. The third-order valence-corrected chi connectivity index (χ3v) is 2.18. The van der Waals surface area contributed by atoms with Gasteiger partial charge in [-0.25, -0.2) is 9.78 Å². The molecule has 0 saturated carbocycles. The molecule has 5 nitrogen and oxygen atoms in total. The maximum atomic E-state index is 11.2. The second kappa shape index (κ2) is 3.70. The molecule has 2 aromatic heterocycles. The van der Waals surface area contributed by atoms with Crippen LogP contribution < -0.4 is 0 Å². The van der Waals surface area contributed by atoms with Crippen LogP contribution in [0.2, 0.25) is 0 Å². The smallest absolute Gasteiger partial charge is 0.339 e. The van der Waals surface area contributed by atoms with E-state index in [0.717, 1.165) is 5.52 Å². The predicted molar refractivity (Wildman–Crippen MR) is 52.5 cm³/mol. The van der Waals surface area contributed by atoms with Crippen LogP contribution in [-0.2, 0) is 11.3 Å². The minimum absolute atomic E-state index is 0.117. The third-order valence-electron chi connectivity index (χ3n) is 2.18. The number of carbonyl (C=O) groups is 1. The lowest BCUT2D eigenvalue weighted by Crippen LogP contribution is -2.02. The van der Waals surface area contributed by atoms with Crippen molar-refractivity contribution in [2.45, 2.75) is 6.61 Å². The molecule has 0 saturated heterocycles. The molecule has 0 bridgehead atoms. The predicted octanol–water partition coefficient (Wildman–Crippen LogP) is 0.613. The van der Waals surface area contributed by atoms with Gasteiger partial charge in [0.05, 0.1) is 36.8 Å². The Labute approximate surface area is 85.9 Å². The van der Waals surface area contributed by atoms with Gasteiger partial charge in [-0.1, -0.05) is 0 Å². The number of hydrogen-bond acceptors (Lipinski definition) is 4. The molecule has 0 aliphatic heterocycles. The molecule has 15 heavy (non-hydrogen) atoms. The molecule has 0 amide bonds. The molecule has 1 N–H and O–H groups in total. The van der Waals surface area contributed by atoms with Crippen molar-refractivity contribution in [3.05, 3.63) is 35.9 Å². The second-order valence-corrected chi connectivity index (χ2v) is 3.05. The van der Waals surface area contributed by atoms with Crippen LogP contribution >= 0.6 is 0 Å².